The number of hydrogen-bond donors (Lipinski definition) is 2. The Morgan fingerprint density at radius 2 is 0.960 bits per heavy atom. The van der Waals surface area contributed by atoms with E-state index in [4.69, 9.17) is 0 Å². The van der Waals surface area contributed by atoms with Crippen molar-refractivity contribution in [2.75, 3.05) is 13.2 Å². The van der Waals surface area contributed by atoms with E-state index in [1.165, 1.54) is 109 Å². The lowest BCUT2D eigenvalue weighted by molar-refractivity contribution is 0.232. The van der Waals surface area contributed by atoms with Gasteiger partial charge < -0.3 is 10.4 Å². The van der Waals surface area contributed by atoms with Gasteiger partial charge in [-0.3, -0.25) is 0 Å². The molecule has 0 aliphatic carbocycles. The van der Waals surface area contributed by atoms with E-state index >= 15 is 0 Å². The Morgan fingerprint density at radius 3 is 1.40 bits per heavy atom. The molecule has 0 aliphatic heterocycles. The van der Waals surface area contributed by atoms with E-state index in [0.29, 0.717) is 12.6 Å². The van der Waals surface area contributed by atoms with Crippen molar-refractivity contribution < 1.29 is 5.11 Å². The molecule has 0 saturated heterocycles. The van der Waals surface area contributed by atoms with Gasteiger partial charge >= 0.3 is 0 Å². The third-order valence-corrected chi connectivity index (χ3v) is 5.34. The van der Waals surface area contributed by atoms with Crippen LogP contribution in [0.1, 0.15) is 129 Å². The lowest BCUT2D eigenvalue weighted by Crippen LogP contribution is -2.33. The number of aliphatic hydroxyl groups is 1. The number of nitrogens with one attached hydrogen (secondary N) is 1. The third kappa shape index (κ3) is 20.1. The molecule has 1 unspecified atom stereocenters. The van der Waals surface area contributed by atoms with Crippen LogP contribution in [0.5, 0.6) is 0 Å². The monoisotopic (exact) mass is 355 g/mol. The highest BCUT2D eigenvalue weighted by Crippen LogP contribution is 2.13. The van der Waals surface area contributed by atoms with Gasteiger partial charge in [0.2, 0.25) is 0 Å². The summed E-state index contributed by atoms with van der Waals surface area (Å²) in [5.41, 5.74) is 0. The molecule has 25 heavy (non-hydrogen) atoms. The Bertz CT molecular complexity index is 232. The molecule has 0 aromatic heterocycles. The van der Waals surface area contributed by atoms with Crippen LogP contribution >= 0.6 is 0 Å². The van der Waals surface area contributed by atoms with Crippen LogP contribution in [0.3, 0.4) is 0 Å². The van der Waals surface area contributed by atoms with Crippen molar-refractivity contribution in [1.29, 1.82) is 0 Å². The molecule has 0 spiro atoms. The number of rotatable bonds is 21. The second kappa shape index (κ2) is 22.0. The maximum atomic E-state index is 9.46. The highest BCUT2D eigenvalue weighted by Gasteiger charge is 2.05. The normalized spacial score (nSPS) is 12.6. The van der Waals surface area contributed by atoms with Gasteiger partial charge in [0.1, 0.15) is 0 Å². The third-order valence-electron chi connectivity index (χ3n) is 5.34. The molecule has 152 valence electrons. The van der Waals surface area contributed by atoms with Gasteiger partial charge in [-0.1, -0.05) is 117 Å². The van der Waals surface area contributed by atoms with Crippen molar-refractivity contribution >= 4 is 0 Å². The zero-order valence-electron chi connectivity index (χ0n) is 17.7. The Morgan fingerprint density at radius 1 is 0.560 bits per heavy atom. The molecule has 0 heterocycles. The summed E-state index contributed by atoms with van der Waals surface area (Å²) in [5, 5.41) is 13.0. The summed E-state index contributed by atoms with van der Waals surface area (Å²) in [4.78, 5) is 0. The van der Waals surface area contributed by atoms with Gasteiger partial charge in [-0.05, 0) is 19.4 Å². The van der Waals surface area contributed by atoms with Crippen LogP contribution in [0, 0.1) is 0 Å². The molecule has 2 nitrogen and oxygen atoms in total. The molecule has 2 N–H and O–H groups in total. The predicted molar refractivity (Wildman–Crippen MR) is 113 cm³/mol. The van der Waals surface area contributed by atoms with E-state index in [1.807, 2.05) is 0 Å². The molecular formula is C23H49NO. The van der Waals surface area contributed by atoms with Crippen molar-refractivity contribution in [3.8, 4) is 0 Å². The van der Waals surface area contributed by atoms with Gasteiger partial charge in [0.05, 0.1) is 6.61 Å². The SMILES string of the molecule is CCCCCCCCCCCCCCCC(CO)NCCCCCC. The summed E-state index contributed by atoms with van der Waals surface area (Å²) in [5.74, 6) is 0. The second-order valence-electron chi connectivity index (χ2n) is 7.93. The zero-order chi connectivity index (χ0) is 18.4. The first-order chi connectivity index (χ1) is 12.3. The minimum absolute atomic E-state index is 0.298. The fraction of sp³-hybridized carbons (Fsp3) is 1.00. The van der Waals surface area contributed by atoms with E-state index < -0.39 is 0 Å². The van der Waals surface area contributed by atoms with Crippen LogP contribution in [0.15, 0.2) is 0 Å². The summed E-state index contributed by atoms with van der Waals surface area (Å²) in [7, 11) is 0. The minimum Gasteiger partial charge on any atom is -0.395 e. The van der Waals surface area contributed by atoms with Crippen LogP contribution in [0.4, 0.5) is 0 Å². The fourth-order valence-electron chi connectivity index (χ4n) is 3.52. The van der Waals surface area contributed by atoms with Crippen LogP contribution in [0.2, 0.25) is 0 Å². The van der Waals surface area contributed by atoms with Crippen LogP contribution in [-0.2, 0) is 0 Å². The van der Waals surface area contributed by atoms with Crippen molar-refractivity contribution in [2.45, 2.75) is 135 Å². The fourth-order valence-corrected chi connectivity index (χ4v) is 3.52. The van der Waals surface area contributed by atoms with Gasteiger partial charge in [0.25, 0.3) is 0 Å². The molecule has 0 aliphatic rings. The molecule has 0 bridgehead atoms. The Labute approximate surface area is 159 Å². The van der Waals surface area contributed by atoms with Crippen LogP contribution < -0.4 is 5.32 Å². The van der Waals surface area contributed by atoms with E-state index in [-0.39, 0.29) is 0 Å². The van der Waals surface area contributed by atoms with Crippen molar-refractivity contribution in [1.82, 2.24) is 5.32 Å². The average Bonchev–Trinajstić information content (AvgIpc) is 2.63. The molecular weight excluding hydrogens is 306 g/mol. The van der Waals surface area contributed by atoms with E-state index in [0.717, 1.165) is 13.0 Å². The molecule has 0 aromatic carbocycles. The highest BCUT2D eigenvalue weighted by molar-refractivity contribution is 4.65. The first kappa shape index (κ1) is 24.9. The molecule has 0 rings (SSSR count). The topological polar surface area (TPSA) is 32.3 Å². The van der Waals surface area contributed by atoms with Gasteiger partial charge in [0, 0.05) is 6.04 Å². The second-order valence-corrected chi connectivity index (χ2v) is 7.93. The van der Waals surface area contributed by atoms with Gasteiger partial charge in [-0.15, -0.1) is 0 Å². The van der Waals surface area contributed by atoms with Crippen molar-refractivity contribution in [3.63, 3.8) is 0 Å². The van der Waals surface area contributed by atoms with Crippen LogP contribution in [0.25, 0.3) is 0 Å². The lowest BCUT2D eigenvalue weighted by atomic mass is 10.0. The molecule has 0 amide bonds. The lowest BCUT2D eigenvalue weighted by Gasteiger charge is -2.16. The van der Waals surface area contributed by atoms with E-state index in [1.54, 1.807) is 0 Å². The highest BCUT2D eigenvalue weighted by atomic mass is 16.3. The summed E-state index contributed by atoms with van der Waals surface area (Å²) in [6, 6.07) is 0.328. The standard InChI is InChI=1S/C23H49NO/c1-3-5-7-9-10-11-12-13-14-15-16-17-18-20-23(22-25)24-21-19-8-6-4-2/h23-25H,3-22H2,1-2H3. The van der Waals surface area contributed by atoms with E-state index in [2.05, 4.69) is 19.2 Å². The summed E-state index contributed by atoms with van der Waals surface area (Å²) < 4.78 is 0. The summed E-state index contributed by atoms with van der Waals surface area (Å²) in [6.07, 6.45) is 24.6. The molecule has 1 atom stereocenters. The summed E-state index contributed by atoms with van der Waals surface area (Å²) in [6.45, 7) is 5.91. The Balaban J connectivity index is 3.22. The molecule has 0 fully saturated rings. The Kier molecular flexibility index (Phi) is 21.9. The maximum Gasteiger partial charge on any atom is 0.0584 e. The van der Waals surface area contributed by atoms with Crippen LogP contribution in [-0.4, -0.2) is 24.3 Å². The molecule has 0 aromatic rings. The summed E-state index contributed by atoms with van der Waals surface area (Å²) >= 11 is 0. The largest absolute Gasteiger partial charge is 0.395 e. The Hall–Kier alpha value is -0.0800. The quantitative estimate of drug-likeness (QED) is 0.217. The van der Waals surface area contributed by atoms with Crippen molar-refractivity contribution in [2.24, 2.45) is 0 Å². The average molecular weight is 356 g/mol. The number of unbranched alkanes of at least 4 members (excludes halogenated alkanes) is 15. The number of hydrogen-bond acceptors (Lipinski definition) is 2. The van der Waals surface area contributed by atoms with Gasteiger partial charge in [0.15, 0.2) is 0 Å². The predicted octanol–water partition coefficient (Wildman–Crippen LogP) is 7.00. The molecule has 0 saturated carbocycles. The van der Waals surface area contributed by atoms with Gasteiger partial charge in [-0.2, -0.15) is 0 Å². The van der Waals surface area contributed by atoms with Crippen molar-refractivity contribution in [3.05, 3.63) is 0 Å². The zero-order valence-corrected chi connectivity index (χ0v) is 17.7. The maximum absolute atomic E-state index is 9.46. The smallest absolute Gasteiger partial charge is 0.0584 e. The first-order valence-corrected chi connectivity index (χ1v) is 11.7. The molecule has 2 heteroatoms. The molecule has 0 radical (unpaired) electrons. The van der Waals surface area contributed by atoms with Gasteiger partial charge in [-0.25, -0.2) is 0 Å². The first-order valence-electron chi connectivity index (χ1n) is 11.7. The van der Waals surface area contributed by atoms with E-state index in [9.17, 15) is 5.11 Å². The number of aliphatic hydroxyl groups excluding tert-OH is 1. The minimum atomic E-state index is 0.298.